The predicted octanol–water partition coefficient (Wildman–Crippen LogP) is 3.33. The number of benzene rings is 1. The van der Waals surface area contributed by atoms with Crippen LogP contribution in [0.15, 0.2) is 30.7 Å². The Kier molecular flexibility index (Phi) is 2.46. The lowest BCUT2D eigenvalue weighted by Crippen LogP contribution is -1.83. The SMILES string of the molecule is Clc1cccc(Cl)c1-c1nc2ncncc2[nH]1. The molecule has 0 unspecified atom stereocenters. The summed E-state index contributed by atoms with van der Waals surface area (Å²) in [4.78, 5) is 15.4. The molecule has 0 spiro atoms. The lowest BCUT2D eigenvalue weighted by atomic mass is 10.2. The summed E-state index contributed by atoms with van der Waals surface area (Å²) >= 11 is 12.2. The van der Waals surface area contributed by atoms with Crippen molar-refractivity contribution in [1.29, 1.82) is 0 Å². The van der Waals surface area contributed by atoms with Gasteiger partial charge in [0.05, 0.1) is 21.8 Å². The van der Waals surface area contributed by atoms with E-state index in [-0.39, 0.29) is 0 Å². The number of rotatable bonds is 1. The van der Waals surface area contributed by atoms with Crippen molar-refractivity contribution in [3.05, 3.63) is 40.8 Å². The zero-order chi connectivity index (χ0) is 11.8. The molecule has 3 rings (SSSR count). The number of aromatic amines is 1. The standard InChI is InChI=1S/C11H6Cl2N4/c12-6-2-1-3-7(13)9(6)11-16-8-4-14-5-15-10(8)17-11/h1-5H,(H,14,15,16,17). The van der Waals surface area contributed by atoms with Gasteiger partial charge in [-0.05, 0) is 12.1 Å². The predicted molar refractivity (Wildman–Crippen MR) is 67.1 cm³/mol. The Bertz CT molecular complexity index is 640. The fourth-order valence-electron chi connectivity index (χ4n) is 1.60. The van der Waals surface area contributed by atoms with Gasteiger partial charge in [-0.25, -0.2) is 15.0 Å². The van der Waals surface area contributed by atoms with Gasteiger partial charge in [-0.2, -0.15) is 0 Å². The van der Waals surface area contributed by atoms with Crippen molar-refractivity contribution in [3.63, 3.8) is 0 Å². The topological polar surface area (TPSA) is 54.5 Å². The maximum Gasteiger partial charge on any atom is 0.181 e. The number of H-pyrrole nitrogens is 1. The fraction of sp³-hybridized carbons (Fsp3) is 0. The van der Waals surface area contributed by atoms with E-state index < -0.39 is 0 Å². The first-order valence-electron chi connectivity index (χ1n) is 4.86. The summed E-state index contributed by atoms with van der Waals surface area (Å²) in [5, 5.41) is 1.09. The molecule has 6 heteroatoms. The van der Waals surface area contributed by atoms with Crippen LogP contribution in [0.25, 0.3) is 22.6 Å². The highest BCUT2D eigenvalue weighted by atomic mass is 35.5. The van der Waals surface area contributed by atoms with Gasteiger partial charge < -0.3 is 4.98 Å². The Morgan fingerprint density at radius 1 is 1.12 bits per heavy atom. The largest absolute Gasteiger partial charge is 0.335 e. The molecular weight excluding hydrogens is 259 g/mol. The molecule has 0 saturated carbocycles. The molecule has 0 amide bonds. The third-order valence-electron chi connectivity index (χ3n) is 2.36. The van der Waals surface area contributed by atoms with Crippen LogP contribution in [0.4, 0.5) is 0 Å². The van der Waals surface area contributed by atoms with Crippen molar-refractivity contribution in [3.8, 4) is 11.4 Å². The van der Waals surface area contributed by atoms with Gasteiger partial charge in [0, 0.05) is 0 Å². The van der Waals surface area contributed by atoms with Gasteiger partial charge in [0.15, 0.2) is 5.65 Å². The van der Waals surface area contributed by atoms with Crippen LogP contribution in [0.3, 0.4) is 0 Å². The van der Waals surface area contributed by atoms with Crippen LogP contribution in [0.1, 0.15) is 0 Å². The van der Waals surface area contributed by atoms with E-state index in [1.807, 2.05) is 0 Å². The Morgan fingerprint density at radius 3 is 2.59 bits per heavy atom. The van der Waals surface area contributed by atoms with Crippen molar-refractivity contribution < 1.29 is 0 Å². The van der Waals surface area contributed by atoms with E-state index in [1.54, 1.807) is 24.4 Å². The highest BCUT2D eigenvalue weighted by Crippen LogP contribution is 2.33. The number of imidazole rings is 1. The molecule has 0 bridgehead atoms. The fourth-order valence-corrected chi connectivity index (χ4v) is 2.18. The second-order valence-corrected chi connectivity index (χ2v) is 4.26. The third-order valence-corrected chi connectivity index (χ3v) is 2.99. The summed E-state index contributed by atoms with van der Waals surface area (Å²) in [5.41, 5.74) is 2.01. The van der Waals surface area contributed by atoms with E-state index in [0.717, 1.165) is 5.52 Å². The zero-order valence-corrected chi connectivity index (χ0v) is 10.00. The number of nitrogens with zero attached hydrogens (tertiary/aromatic N) is 3. The lowest BCUT2D eigenvalue weighted by molar-refractivity contribution is 1.20. The molecule has 4 nitrogen and oxygen atoms in total. The quantitative estimate of drug-likeness (QED) is 0.734. The van der Waals surface area contributed by atoms with Gasteiger partial charge in [0.2, 0.25) is 0 Å². The first-order chi connectivity index (χ1) is 8.25. The number of nitrogens with one attached hydrogen (secondary N) is 1. The minimum absolute atomic E-state index is 0.546. The molecule has 0 atom stereocenters. The van der Waals surface area contributed by atoms with Crippen LogP contribution < -0.4 is 0 Å². The Labute approximate surface area is 107 Å². The molecule has 0 aliphatic carbocycles. The summed E-state index contributed by atoms with van der Waals surface area (Å²) in [5.74, 6) is 0.594. The van der Waals surface area contributed by atoms with Crippen LogP contribution in [-0.2, 0) is 0 Å². The Morgan fingerprint density at radius 2 is 1.88 bits per heavy atom. The molecule has 3 aromatic rings. The minimum atomic E-state index is 0.546. The van der Waals surface area contributed by atoms with E-state index in [4.69, 9.17) is 23.2 Å². The molecule has 0 aliphatic heterocycles. The van der Waals surface area contributed by atoms with Gasteiger partial charge in [0.25, 0.3) is 0 Å². The van der Waals surface area contributed by atoms with Crippen LogP contribution in [0.2, 0.25) is 10.0 Å². The van der Waals surface area contributed by atoms with Crippen molar-refractivity contribution >= 4 is 34.4 Å². The number of fused-ring (bicyclic) bond motifs is 1. The summed E-state index contributed by atoms with van der Waals surface area (Å²) in [7, 11) is 0. The van der Waals surface area contributed by atoms with Gasteiger partial charge >= 0.3 is 0 Å². The summed E-state index contributed by atoms with van der Waals surface area (Å²) in [6.45, 7) is 0. The summed E-state index contributed by atoms with van der Waals surface area (Å²) < 4.78 is 0. The lowest BCUT2D eigenvalue weighted by Gasteiger charge is -2.02. The Balaban J connectivity index is 2.27. The van der Waals surface area contributed by atoms with E-state index in [2.05, 4.69) is 19.9 Å². The van der Waals surface area contributed by atoms with Gasteiger partial charge in [0.1, 0.15) is 17.7 Å². The second-order valence-electron chi connectivity index (χ2n) is 3.44. The summed E-state index contributed by atoms with van der Waals surface area (Å²) in [6, 6.07) is 5.32. The van der Waals surface area contributed by atoms with Crippen LogP contribution >= 0.6 is 23.2 Å². The van der Waals surface area contributed by atoms with Crippen molar-refractivity contribution in [1.82, 2.24) is 19.9 Å². The number of aromatic nitrogens is 4. The molecule has 84 valence electrons. The van der Waals surface area contributed by atoms with Crippen molar-refractivity contribution in [2.75, 3.05) is 0 Å². The number of hydrogen-bond acceptors (Lipinski definition) is 3. The molecule has 1 N–H and O–H groups in total. The van der Waals surface area contributed by atoms with Gasteiger partial charge in [-0.3, -0.25) is 0 Å². The number of hydrogen-bond donors (Lipinski definition) is 1. The maximum atomic E-state index is 6.11. The molecular formula is C11H6Cl2N4. The van der Waals surface area contributed by atoms with E-state index >= 15 is 0 Å². The molecule has 0 radical (unpaired) electrons. The van der Waals surface area contributed by atoms with Crippen LogP contribution in [0, 0.1) is 0 Å². The highest BCUT2D eigenvalue weighted by Gasteiger charge is 2.12. The first-order valence-corrected chi connectivity index (χ1v) is 5.61. The normalized spacial score (nSPS) is 10.9. The molecule has 0 saturated heterocycles. The smallest absolute Gasteiger partial charge is 0.181 e. The minimum Gasteiger partial charge on any atom is -0.335 e. The van der Waals surface area contributed by atoms with Gasteiger partial charge in [-0.15, -0.1) is 0 Å². The molecule has 1 aromatic carbocycles. The average molecular weight is 265 g/mol. The summed E-state index contributed by atoms with van der Waals surface area (Å²) in [6.07, 6.45) is 3.10. The van der Waals surface area contributed by atoms with Gasteiger partial charge in [-0.1, -0.05) is 29.3 Å². The van der Waals surface area contributed by atoms with E-state index in [1.165, 1.54) is 6.33 Å². The average Bonchev–Trinajstić information content (AvgIpc) is 2.71. The third kappa shape index (κ3) is 1.75. The molecule has 2 aromatic heterocycles. The van der Waals surface area contributed by atoms with Crippen LogP contribution in [-0.4, -0.2) is 19.9 Å². The van der Waals surface area contributed by atoms with Crippen molar-refractivity contribution in [2.24, 2.45) is 0 Å². The second kappa shape index (κ2) is 3.98. The van der Waals surface area contributed by atoms with E-state index in [0.29, 0.717) is 27.1 Å². The zero-order valence-electron chi connectivity index (χ0n) is 8.48. The highest BCUT2D eigenvalue weighted by molar-refractivity contribution is 6.39. The van der Waals surface area contributed by atoms with Crippen LogP contribution in [0.5, 0.6) is 0 Å². The monoisotopic (exact) mass is 264 g/mol. The number of halogens is 2. The molecule has 2 heterocycles. The molecule has 0 aliphatic rings. The first kappa shape index (κ1) is 10.5. The van der Waals surface area contributed by atoms with Crippen molar-refractivity contribution in [2.45, 2.75) is 0 Å². The maximum absolute atomic E-state index is 6.11. The van der Waals surface area contributed by atoms with E-state index in [9.17, 15) is 0 Å². The Hall–Kier alpha value is -1.65. The molecule has 0 fully saturated rings. The molecule has 17 heavy (non-hydrogen) atoms.